The third-order valence-corrected chi connectivity index (χ3v) is 4.51. The normalized spacial score (nSPS) is 16.8. The first-order valence-electron chi connectivity index (χ1n) is 6.88. The summed E-state index contributed by atoms with van der Waals surface area (Å²) in [4.78, 5) is 6.71. The maximum Gasteiger partial charge on any atom is 0.0745 e. The van der Waals surface area contributed by atoms with E-state index in [4.69, 9.17) is 5.73 Å². The highest BCUT2D eigenvalue weighted by molar-refractivity contribution is 9.10. The van der Waals surface area contributed by atoms with E-state index in [1.165, 1.54) is 0 Å². The maximum atomic E-state index is 9.25. The van der Waals surface area contributed by atoms with Crippen LogP contribution in [0, 0.1) is 5.92 Å². The summed E-state index contributed by atoms with van der Waals surface area (Å²) in [6.07, 6.45) is 3.76. The molecule has 0 amide bonds. The van der Waals surface area contributed by atoms with Crippen molar-refractivity contribution in [2.75, 3.05) is 30.3 Å². The smallest absolute Gasteiger partial charge is 0.0745 e. The fraction of sp³-hybridized carbons (Fsp3) is 0.400. The molecule has 2 heterocycles. The Morgan fingerprint density at radius 2 is 2.10 bits per heavy atom. The molecule has 3 N–H and O–H groups in total. The highest BCUT2D eigenvalue weighted by atomic mass is 79.9. The Hall–Kier alpha value is -1.33. The Labute approximate surface area is 126 Å². The maximum absolute atomic E-state index is 9.25. The molecule has 3 rings (SSSR count). The molecule has 0 unspecified atom stereocenters. The van der Waals surface area contributed by atoms with Gasteiger partial charge in [-0.2, -0.15) is 0 Å². The van der Waals surface area contributed by atoms with Crippen LogP contribution >= 0.6 is 15.9 Å². The molecule has 1 aliphatic rings. The van der Waals surface area contributed by atoms with Gasteiger partial charge in [-0.1, -0.05) is 15.9 Å². The van der Waals surface area contributed by atoms with Gasteiger partial charge < -0.3 is 15.7 Å². The van der Waals surface area contributed by atoms with E-state index in [1.54, 1.807) is 6.20 Å². The molecule has 4 nitrogen and oxygen atoms in total. The molecule has 1 saturated heterocycles. The van der Waals surface area contributed by atoms with Crippen LogP contribution in [-0.2, 0) is 0 Å². The number of nitrogen functional groups attached to an aromatic ring is 1. The predicted molar refractivity (Wildman–Crippen MR) is 85.9 cm³/mol. The number of hydrogen-bond donors (Lipinski definition) is 2. The van der Waals surface area contributed by atoms with Crippen LogP contribution in [0.5, 0.6) is 0 Å². The van der Waals surface area contributed by atoms with Gasteiger partial charge in [0.05, 0.1) is 23.1 Å². The number of benzene rings is 1. The number of pyridine rings is 1. The third-order valence-electron chi connectivity index (χ3n) is 4.02. The molecule has 1 fully saturated rings. The fourth-order valence-electron chi connectivity index (χ4n) is 2.86. The van der Waals surface area contributed by atoms with E-state index in [0.717, 1.165) is 52.7 Å². The lowest BCUT2D eigenvalue weighted by Gasteiger charge is -2.34. The summed E-state index contributed by atoms with van der Waals surface area (Å²) in [5, 5.41) is 10.3. The topological polar surface area (TPSA) is 62.4 Å². The first-order chi connectivity index (χ1) is 9.69. The van der Waals surface area contributed by atoms with E-state index >= 15 is 0 Å². The Morgan fingerprint density at radius 3 is 2.80 bits per heavy atom. The Balaban J connectivity index is 2.02. The van der Waals surface area contributed by atoms with Crippen LogP contribution in [0.3, 0.4) is 0 Å². The number of nitrogens with two attached hydrogens (primary N) is 1. The molecular formula is C15H18BrN3O. The summed E-state index contributed by atoms with van der Waals surface area (Å²) in [6, 6.07) is 6.07. The Kier molecular flexibility index (Phi) is 3.81. The fourth-order valence-corrected chi connectivity index (χ4v) is 3.22. The zero-order chi connectivity index (χ0) is 14.1. The quantitative estimate of drug-likeness (QED) is 0.885. The van der Waals surface area contributed by atoms with Crippen molar-refractivity contribution in [1.82, 2.24) is 4.98 Å². The third kappa shape index (κ3) is 2.47. The van der Waals surface area contributed by atoms with Gasteiger partial charge in [-0.3, -0.25) is 4.98 Å². The zero-order valence-electron chi connectivity index (χ0n) is 11.2. The van der Waals surface area contributed by atoms with Gasteiger partial charge in [-0.15, -0.1) is 0 Å². The van der Waals surface area contributed by atoms with E-state index in [-0.39, 0.29) is 6.61 Å². The Bertz CT molecular complexity index is 619. The number of hydrogen-bond acceptors (Lipinski definition) is 4. The minimum atomic E-state index is 0.284. The van der Waals surface area contributed by atoms with Gasteiger partial charge >= 0.3 is 0 Å². The SMILES string of the molecule is Nc1cnc2ccc(Br)cc2c1N1CCC(CO)CC1. The summed E-state index contributed by atoms with van der Waals surface area (Å²) >= 11 is 3.52. The molecule has 0 saturated carbocycles. The second kappa shape index (κ2) is 5.58. The van der Waals surface area contributed by atoms with E-state index in [9.17, 15) is 5.11 Å². The standard InChI is InChI=1S/C15H18BrN3O/c16-11-1-2-14-12(7-11)15(13(17)8-18-14)19-5-3-10(9-20)4-6-19/h1-2,7-8,10,20H,3-6,9,17H2. The molecule has 2 aromatic rings. The average molecular weight is 336 g/mol. The van der Waals surface area contributed by atoms with Gasteiger partial charge in [0.1, 0.15) is 0 Å². The van der Waals surface area contributed by atoms with Crippen molar-refractivity contribution in [3.63, 3.8) is 0 Å². The zero-order valence-corrected chi connectivity index (χ0v) is 12.8. The van der Waals surface area contributed by atoms with Crippen molar-refractivity contribution < 1.29 is 5.11 Å². The van der Waals surface area contributed by atoms with Crippen molar-refractivity contribution in [2.45, 2.75) is 12.8 Å². The molecule has 5 heteroatoms. The molecule has 1 aliphatic heterocycles. The summed E-state index contributed by atoms with van der Waals surface area (Å²) in [5.74, 6) is 0.423. The number of fused-ring (bicyclic) bond motifs is 1. The second-order valence-electron chi connectivity index (χ2n) is 5.34. The van der Waals surface area contributed by atoms with Crippen LogP contribution in [-0.4, -0.2) is 29.8 Å². The van der Waals surface area contributed by atoms with Gasteiger partial charge in [0, 0.05) is 29.6 Å². The van der Waals surface area contributed by atoms with Crippen molar-refractivity contribution in [3.8, 4) is 0 Å². The van der Waals surface area contributed by atoms with Crippen LogP contribution in [0.25, 0.3) is 10.9 Å². The predicted octanol–water partition coefficient (Wildman–Crippen LogP) is 2.79. The number of halogens is 1. The summed E-state index contributed by atoms with van der Waals surface area (Å²) in [6.45, 7) is 2.15. The highest BCUT2D eigenvalue weighted by Crippen LogP contribution is 2.35. The Morgan fingerprint density at radius 1 is 1.35 bits per heavy atom. The van der Waals surface area contributed by atoms with Crippen molar-refractivity contribution in [1.29, 1.82) is 0 Å². The number of aliphatic hydroxyl groups is 1. The number of rotatable bonds is 2. The van der Waals surface area contributed by atoms with Gasteiger partial charge in [-0.05, 0) is 37.0 Å². The van der Waals surface area contributed by atoms with Crippen LogP contribution in [0.2, 0.25) is 0 Å². The molecular weight excluding hydrogens is 318 g/mol. The molecule has 0 atom stereocenters. The van der Waals surface area contributed by atoms with Gasteiger partial charge in [0.2, 0.25) is 0 Å². The lowest BCUT2D eigenvalue weighted by molar-refractivity contribution is 0.203. The minimum Gasteiger partial charge on any atom is -0.396 e. The molecule has 1 aromatic carbocycles. The second-order valence-corrected chi connectivity index (χ2v) is 6.25. The highest BCUT2D eigenvalue weighted by Gasteiger charge is 2.22. The molecule has 20 heavy (non-hydrogen) atoms. The molecule has 0 aliphatic carbocycles. The van der Waals surface area contributed by atoms with Crippen molar-refractivity contribution in [3.05, 3.63) is 28.9 Å². The number of aromatic nitrogens is 1. The van der Waals surface area contributed by atoms with Gasteiger partial charge in [0.25, 0.3) is 0 Å². The lowest BCUT2D eigenvalue weighted by atomic mass is 9.97. The minimum absolute atomic E-state index is 0.284. The first kappa shape index (κ1) is 13.6. The molecule has 0 bridgehead atoms. The summed E-state index contributed by atoms with van der Waals surface area (Å²) in [7, 11) is 0. The van der Waals surface area contributed by atoms with E-state index < -0.39 is 0 Å². The number of nitrogens with zero attached hydrogens (tertiary/aromatic N) is 2. The number of aliphatic hydroxyl groups excluding tert-OH is 1. The number of piperidine rings is 1. The number of anilines is 2. The molecule has 0 radical (unpaired) electrons. The van der Waals surface area contributed by atoms with E-state index in [0.29, 0.717) is 5.92 Å². The average Bonchev–Trinajstić information content (AvgIpc) is 2.47. The van der Waals surface area contributed by atoms with Crippen LogP contribution in [0.15, 0.2) is 28.9 Å². The summed E-state index contributed by atoms with van der Waals surface area (Å²) in [5.41, 5.74) is 8.92. The van der Waals surface area contributed by atoms with E-state index in [2.05, 4.69) is 31.9 Å². The van der Waals surface area contributed by atoms with Gasteiger partial charge in [-0.25, -0.2) is 0 Å². The van der Waals surface area contributed by atoms with Crippen LogP contribution in [0.4, 0.5) is 11.4 Å². The van der Waals surface area contributed by atoms with Crippen molar-refractivity contribution in [2.24, 2.45) is 5.92 Å². The van der Waals surface area contributed by atoms with Gasteiger partial charge in [0.15, 0.2) is 0 Å². The van der Waals surface area contributed by atoms with Crippen molar-refractivity contribution >= 4 is 38.2 Å². The monoisotopic (exact) mass is 335 g/mol. The lowest BCUT2D eigenvalue weighted by Crippen LogP contribution is -2.35. The summed E-state index contributed by atoms with van der Waals surface area (Å²) < 4.78 is 1.03. The first-order valence-corrected chi connectivity index (χ1v) is 7.68. The molecule has 1 aromatic heterocycles. The van der Waals surface area contributed by atoms with E-state index in [1.807, 2.05) is 12.1 Å². The molecule has 106 valence electrons. The largest absolute Gasteiger partial charge is 0.396 e. The van der Waals surface area contributed by atoms with Crippen LogP contribution < -0.4 is 10.6 Å². The van der Waals surface area contributed by atoms with Crippen LogP contribution in [0.1, 0.15) is 12.8 Å². The molecule has 0 spiro atoms.